The van der Waals surface area contributed by atoms with E-state index in [4.69, 9.17) is 9.47 Å². The monoisotopic (exact) mass is 344 g/mol. The van der Waals surface area contributed by atoms with E-state index in [2.05, 4.69) is 47.0 Å². The van der Waals surface area contributed by atoms with Crippen LogP contribution in [-0.4, -0.2) is 51.6 Å². The molecule has 1 aromatic carbocycles. The molecule has 136 valence electrons. The Kier molecular flexibility index (Phi) is 5.71. The molecule has 0 saturated carbocycles. The fraction of sp³-hybridized carbons (Fsp3) is 0.579. The van der Waals surface area contributed by atoms with E-state index in [1.54, 1.807) is 0 Å². The van der Waals surface area contributed by atoms with Crippen molar-refractivity contribution in [3.63, 3.8) is 0 Å². The van der Waals surface area contributed by atoms with E-state index >= 15 is 0 Å². The maximum atomic E-state index is 5.95. The van der Waals surface area contributed by atoms with E-state index in [9.17, 15) is 0 Å². The summed E-state index contributed by atoms with van der Waals surface area (Å²) < 4.78 is 13.8. The van der Waals surface area contributed by atoms with Gasteiger partial charge in [-0.05, 0) is 33.8 Å². The quantitative estimate of drug-likeness (QED) is 0.806. The highest BCUT2D eigenvalue weighted by Crippen LogP contribution is 2.22. The van der Waals surface area contributed by atoms with Crippen LogP contribution in [0.3, 0.4) is 0 Å². The fourth-order valence-electron chi connectivity index (χ4n) is 3.21. The molecule has 0 spiro atoms. The Labute approximate surface area is 149 Å². The zero-order valence-electron chi connectivity index (χ0n) is 15.6. The van der Waals surface area contributed by atoms with Crippen molar-refractivity contribution >= 4 is 0 Å². The summed E-state index contributed by atoms with van der Waals surface area (Å²) >= 11 is 0. The first kappa shape index (κ1) is 17.9. The molecule has 0 bridgehead atoms. The van der Waals surface area contributed by atoms with Crippen LogP contribution in [0.5, 0.6) is 5.75 Å². The third kappa shape index (κ3) is 4.80. The number of rotatable bonds is 6. The molecular formula is C19H28N4O2. The minimum absolute atomic E-state index is 0.131. The highest BCUT2D eigenvalue weighted by molar-refractivity contribution is 5.33. The highest BCUT2D eigenvalue weighted by Gasteiger charge is 2.23. The molecule has 0 amide bonds. The van der Waals surface area contributed by atoms with Crippen LogP contribution in [0.2, 0.25) is 0 Å². The molecule has 1 aliphatic heterocycles. The summed E-state index contributed by atoms with van der Waals surface area (Å²) in [5, 5.41) is 4.45. The smallest absolute Gasteiger partial charge is 0.147 e. The van der Waals surface area contributed by atoms with Crippen molar-refractivity contribution in [2.24, 2.45) is 0 Å². The molecule has 3 rings (SSSR count). The fourth-order valence-corrected chi connectivity index (χ4v) is 3.21. The molecule has 0 aliphatic carbocycles. The molecule has 1 aromatic heterocycles. The van der Waals surface area contributed by atoms with Gasteiger partial charge in [0, 0.05) is 25.2 Å². The number of hydrogen-bond donors (Lipinski definition) is 0. The lowest BCUT2D eigenvalue weighted by atomic mass is 10.1. The van der Waals surface area contributed by atoms with Crippen molar-refractivity contribution in [1.29, 1.82) is 0 Å². The Balaban J connectivity index is 1.63. The van der Waals surface area contributed by atoms with Gasteiger partial charge in [-0.15, -0.1) is 0 Å². The summed E-state index contributed by atoms with van der Waals surface area (Å²) in [5.41, 5.74) is 1.23. The first-order chi connectivity index (χ1) is 12.0. The van der Waals surface area contributed by atoms with Crippen molar-refractivity contribution in [2.45, 2.75) is 53.0 Å². The van der Waals surface area contributed by atoms with Crippen molar-refractivity contribution in [3.05, 3.63) is 41.5 Å². The SMILES string of the molecule is Cc1nc(C)n(C[C@@H]2CN(Cc3ccccc3OC(C)C)CCO2)n1. The molecule has 2 heterocycles. The molecule has 0 unspecified atom stereocenters. The topological polar surface area (TPSA) is 52.4 Å². The summed E-state index contributed by atoms with van der Waals surface area (Å²) in [7, 11) is 0. The number of morpholine rings is 1. The molecule has 0 N–H and O–H groups in total. The van der Waals surface area contributed by atoms with E-state index in [0.717, 1.165) is 50.2 Å². The van der Waals surface area contributed by atoms with Gasteiger partial charge in [0.2, 0.25) is 0 Å². The first-order valence-corrected chi connectivity index (χ1v) is 8.98. The molecule has 1 aliphatic rings. The first-order valence-electron chi connectivity index (χ1n) is 8.98. The third-order valence-electron chi connectivity index (χ3n) is 4.29. The van der Waals surface area contributed by atoms with Crippen LogP contribution in [0.1, 0.15) is 31.1 Å². The van der Waals surface area contributed by atoms with Gasteiger partial charge in [0.15, 0.2) is 0 Å². The van der Waals surface area contributed by atoms with Crippen molar-refractivity contribution in [2.75, 3.05) is 19.7 Å². The van der Waals surface area contributed by atoms with Gasteiger partial charge in [-0.2, -0.15) is 5.10 Å². The minimum atomic E-state index is 0.131. The van der Waals surface area contributed by atoms with Crippen LogP contribution in [-0.2, 0) is 17.8 Å². The normalized spacial score (nSPS) is 18.7. The minimum Gasteiger partial charge on any atom is -0.491 e. The predicted octanol–water partition coefficient (Wildman–Crippen LogP) is 2.58. The molecule has 25 heavy (non-hydrogen) atoms. The number of benzene rings is 1. The Morgan fingerprint density at radius 1 is 1.28 bits per heavy atom. The van der Waals surface area contributed by atoms with Crippen LogP contribution in [0, 0.1) is 13.8 Å². The molecule has 0 radical (unpaired) electrons. The maximum Gasteiger partial charge on any atom is 0.147 e. The second-order valence-electron chi connectivity index (χ2n) is 6.89. The Morgan fingerprint density at radius 2 is 2.08 bits per heavy atom. The highest BCUT2D eigenvalue weighted by atomic mass is 16.5. The second-order valence-corrected chi connectivity index (χ2v) is 6.89. The van der Waals surface area contributed by atoms with E-state index in [1.165, 1.54) is 5.56 Å². The standard InChI is InChI=1S/C19H28N4O2/c1-14(2)25-19-8-6-5-7-17(19)11-22-9-10-24-18(12-22)13-23-16(4)20-15(3)21-23/h5-8,14,18H,9-13H2,1-4H3/t18-/m0/s1. The summed E-state index contributed by atoms with van der Waals surface area (Å²) in [5.74, 6) is 2.72. The van der Waals surface area contributed by atoms with E-state index in [0.29, 0.717) is 0 Å². The van der Waals surface area contributed by atoms with Gasteiger partial charge < -0.3 is 9.47 Å². The number of aryl methyl sites for hydroxylation is 2. The van der Waals surface area contributed by atoms with E-state index < -0.39 is 0 Å². The number of para-hydroxylation sites is 1. The lowest BCUT2D eigenvalue weighted by Gasteiger charge is -2.33. The zero-order valence-corrected chi connectivity index (χ0v) is 15.6. The lowest BCUT2D eigenvalue weighted by molar-refractivity contribution is -0.0407. The van der Waals surface area contributed by atoms with E-state index in [-0.39, 0.29) is 12.2 Å². The summed E-state index contributed by atoms with van der Waals surface area (Å²) in [6.45, 7) is 12.2. The van der Waals surface area contributed by atoms with Gasteiger partial charge in [0.05, 0.1) is 25.4 Å². The Hall–Kier alpha value is -1.92. The van der Waals surface area contributed by atoms with Crippen LogP contribution < -0.4 is 4.74 Å². The van der Waals surface area contributed by atoms with Gasteiger partial charge in [-0.3, -0.25) is 4.90 Å². The van der Waals surface area contributed by atoms with Gasteiger partial charge in [0.25, 0.3) is 0 Å². The molecule has 6 heteroatoms. The van der Waals surface area contributed by atoms with E-state index in [1.807, 2.05) is 24.6 Å². The predicted molar refractivity (Wildman–Crippen MR) is 96.7 cm³/mol. The van der Waals surface area contributed by atoms with Gasteiger partial charge >= 0.3 is 0 Å². The molecule has 6 nitrogen and oxygen atoms in total. The Morgan fingerprint density at radius 3 is 2.80 bits per heavy atom. The molecule has 2 aromatic rings. The summed E-state index contributed by atoms with van der Waals surface area (Å²) in [4.78, 5) is 6.80. The van der Waals surface area contributed by atoms with Crippen LogP contribution in [0.4, 0.5) is 0 Å². The third-order valence-corrected chi connectivity index (χ3v) is 4.29. The van der Waals surface area contributed by atoms with Gasteiger partial charge in [0.1, 0.15) is 17.4 Å². The Bertz CT molecular complexity index is 698. The number of nitrogens with zero attached hydrogens (tertiary/aromatic N) is 4. The summed E-state index contributed by atoms with van der Waals surface area (Å²) in [6.07, 6.45) is 0.309. The summed E-state index contributed by atoms with van der Waals surface area (Å²) in [6, 6.07) is 8.29. The van der Waals surface area contributed by atoms with Crippen molar-refractivity contribution in [1.82, 2.24) is 19.7 Å². The van der Waals surface area contributed by atoms with Crippen LogP contribution >= 0.6 is 0 Å². The molecule has 1 saturated heterocycles. The average Bonchev–Trinajstić information content (AvgIpc) is 2.87. The second kappa shape index (κ2) is 7.97. The zero-order chi connectivity index (χ0) is 17.8. The van der Waals surface area contributed by atoms with Crippen LogP contribution in [0.15, 0.2) is 24.3 Å². The molecule has 1 fully saturated rings. The molecular weight excluding hydrogens is 316 g/mol. The average molecular weight is 344 g/mol. The van der Waals surface area contributed by atoms with Crippen molar-refractivity contribution < 1.29 is 9.47 Å². The maximum absolute atomic E-state index is 5.95. The van der Waals surface area contributed by atoms with Crippen molar-refractivity contribution in [3.8, 4) is 5.75 Å². The van der Waals surface area contributed by atoms with Gasteiger partial charge in [-0.1, -0.05) is 18.2 Å². The number of hydrogen-bond acceptors (Lipinski definition) is 5. The van der Waals surface area contributed by atoms with Gasteiger partial charge in [-0.25, -0.2) is 9.67 Å². The largest absolute Gasteiger partial charge is 0.491 e. The number of ether oxygens (including phenoxy) is 2. The van der Waals surface area contributed by atoms with Crippen LogP contribution in [0.25, 0.3) is 0 Å². The number of aromatic nitrogens is 3. The lowest BCUT2D eigenvalue weighted by Crippen LogP contribution is -2.44. The molecule has 1 atom stereocenters.